The Balaban J connectivity index is 1.83. The predicted molar refractivity (Wildman–Crippen MR) is 159 cm³/mol. The van der Waals surface area contributed by atoms with E-state index in [1.54, 1.807) is 49.4 Å². The lowest BCUT2D eigenvalue weighted by Gasteiger charge is -2.32. The summed E-state index contributed by atoms with van der Waals surface area (Å²) in [6.07, 6.45) is 1.03. The van der Waals surface area contributed by atoms with Gasteiger partial charge in [0.15, 0.2) is 0 Å². The second-order valence-corrected chi connectivity index (χ2v) is 12.4. The quantitative estimate of drug-likeness (QED) is 0.303. The molecule has 0 bridgehead atoms. The topological polar surface area (TPSA) is 96.0 Å². The third kappa shape index (κ3) is 8.87. The van der Waals surface area contributed by atoms with Gasteiger partial charge in [0.2, 0.25) is 21.8 Å². The minimum atomic E-state index is -3.86. The van der Waals surface area contributed by atoms with Crippen molar-refractivity contribution in [2.45, 2.75) is 46.0 Å². The van der Waals surface area contributed by atoms with Gasteiger partial charge in [0.05, 0.1) is 22.0 Å². The molecule has 0 spiro atoms. The summed E-state index contributed by atoms with van der Waals surface area (Å²) in [5, 5.41) is 3.46. The van der Waals surface area contributed by atoms with E-state index in [-0.39, 0.29) is 24.2 Å². The summed E-state index contributed by atoms with van der Waals surface area (Å²) in [7, 11) is -3.86. The Morgan fingerprint density at radius 3 is 2.12 bits per heavy atom. The van der Waals surface area contributed by atoms with Crippen molar-refractivity contribution < 1.29 is 22.7 Å². The minimum absolute atomic E-state index is 0.0201. The zero-order chi connectivity index (χ0) is 29.4. The number of amides is 2. The molecular formula is C29H33Cl2N3O5S. The molecule has 0 aliphatic rings. The van der Waals surface area contributed by atoms with Gasteiger partial charge in [-0.25, -0.2) is 8.42 Å². The van der Waals surface area contributed by atoms with Crippen LogP contribution in [0.1, 0.15) is 31.9 Å². The van der Waals surface area contributed by atoms with Crippen LogP contribution >= 0.6 is 23.2 Å². The molecule has 0 unspecified atom stereocenters. The Labute approximate surface area is 245 Å². The Morgan fingerprint density at radius 1 is 0.900 bits per heavy atom. The van der Waals surface area contributed by atoms with E-state index in [1.807, 2.05) is 44.2 Å². The van der Waals surface area contributed by atoms with Gasteiger partial charge >= 0.3 is 0 Å². The van der Waals surface area contributed by atoms with Crippen LogP contribution in [0.5, 0.6) is 5.75 Å². The molecule has 11 heteroatoms. The second kappa shape index (κ2) is 13.9. The van der Waals surface area contributed by atoms with Crippen LogP contribution in [0.2, 0.25) is 10.0 Å². The van der Waals surface area contributed by atoms with E-state index in [0.29, 0.717) is 28.0 Å². The third-order valence-corrected chi connectivity index (χ3v) is 7.87. The molecule has 0 radical (unpaired) electrons. The van der Waals surface area contributed by atoms with E-state index >= 15 is 0 Å². The van der Waals surface area contributed by atoms with Crippen LogP contribution in [-0.2, 0) is 32.8 Å². The average Bonchev–Trinajstić information content (AvgIpc) is 2.90. The first-order valence-corrected chi connectivity index (χ1v) is 15.2. The lowest BCUT2D eigenvalue weighted by molar-refractivity contribution is -0.139. The van der Waals surface area contributed by atoms with Crippen molar-refractivity contribution in [3.63, 3.8) is 0 Å². The molecule has 3 aromatic rings. The molecule has 214 valence electrons. The lowest BCUT2D eigenvalue weighted by atomic mass is 10.1. The van der Waals surface area contributed by atoms with Gasteiger partial charge in [-0.1, -0.05) is 59.6 Å². The van der Waals surface area contributed by atoms with Crippen molar-refractivity contribution in [2.75, 3.05) is 17.1 Å². The Bertz CT molecular complexity index is 1420. The number of carbonyl (C=O) groups excluding carboxylic acids is 2. The summed E-state index contributed by atoms with van der Waals surface area (Å²) < 4.78 is 32.4. The number of hydrogen-bond acceptors (Lipinski definition) is 5. The average molecular weight is 607 g/mol. The van der Waals surface area contributed by atoms with Gasteiger partial charge < -0.3 is 15.0 Å². The third-order valence-electron chi connectivity index (χ3n) is 5.99. The second-order valence-electron chi connectivity index (χ2n) is 9.65. The minimum Gasteiger partial charge on any atom is -0.489 e. The SMILES string of the molecule is CC(C)NC(=O)[C@@H](C)N(Cc1ccc(Cl)c(Cl)c1)C(=O)CN(c1ccc(OCc2ccccc2)cc1)S(C)(=O)=O. The summed E-state index contributed by atoms with van der Waals surface area (Å²) in [5.41, 5.74) is 1.92. The molecule has 0 saturated carbocycles. The van der Waals surface area contributed by atoms with Crippen molar-refractivity contribution in [3.8, 4) is 5.75 Å². The van der Waals surface area contributed by atoms with Crippen molar-refractivity contribution in [1.82, 2.24) is 10.2 Å². The van der Waals surface area contributed by atoms with Crippen LogP contribution < -0.4 is 14.4 Å². The summed E-state index contributed by atoms with van der Waals surface area (Å²) in [6.45, 7) is 5.09. The van der Waals surface area contributed by atoms with Crippen LogP contribution in [0.3, 0.4) is 0 Å². The number of halogens is 2. The van der Waals surface area contributed by atoms with Crippen LogP contribution in [0.15, 0.2) is 72.8 Å². The smallest absolute Gasteiger partial charge is 0.244 e. The Morgan fingerprint density at radius 2 is 1.55 bits per heavy atom. The molecule has 0 saturated heterocycles. The number of rotatable bonds is 12. The molecule has 1 atom stereocenters. The molecule has 0 heterocycles. The number of carbonyl (C=O) groups is 2. The molecule has 0 aliphatic heterocycles. The highest BCUT2D eigenvalue weighted by atomic mass is 35.5. The van der Waals surface area contributed by atoms with E-state index < -0.39 is 28.5 Å². The highest BCUT2D eigenvalue weighted by Crippen LogP contribution is 2.25. The number of sulfonamides is 1. The van der Waals surface area contributed by atoms with Crippen LogP contribution in [0.25, 0.3) is 0 Å². The molecule has 8 nitrogen and oxygen atoms in total. The first-order valence-electron chi connectivity index (χ1n) is 12.6. The number of benzene rings is 3. The van der Waals surface area contributed by atoms with E-state index in [0.717, 1.165) is 16.1 Å². The molecule has 0 aromatic heterocycles. The first-order chi connectivity index (χ1) is 18.8. The molecule has 1 N–H and O–H groups in total. The molecular weight excluding hydrogens is 573 g/mol. The number of nitrogens with one attached hydrogen (secondary N) is 1. The molecule has 3 rings (SSSR count). The van der Waals surface area contributed by atoms with Gasteiger partial charge in [-0.05, 0) is 68.3 Å². The van der Waals surface area contributed by atoms with Gasteiger partial charge in [-0.2, -0.15) is 0 Å². The summed E-state index contributed by atoms with van der Waals surface area (Å²) in [6, 6.07) is 20.0. The number of hydrogen-bond donors (Lipinski definition) is 1. The largest absolute Gasteiger partial charge is 0.489 e. The van der Waals surface area contributed by atoms with Crippen molar-refractivity contribution in [3.05, 3.63) is 94.0 Å². The zero-order valence-electron chi connectivity index (χ0n) is 22.8. The van der Waals surface area contributed by atoms with E-state index in [2.05, 4.69) is 5.32 Å². The fourth-order valence-corrected chi connectivity index (χ4v) is 5.06. The Hall–Kier alpha value is -3.27. The van der Waals surface area contributed by atoms with Gasteiger partial charge in [0.25, 0.3) is 0 Å². The van der Waals surface area contributed by atoms with Gasteiger partial charge in [-0.15, -0.1) is 0 Å². The number of ether oxygens (including phenoxy) is 1. The monoisotopic (exact) mass is 605 g/mol. The normalized spacial score (nSPS) is 12.1. The molecule has 2 amide bonds. The molecule has 0 fully saturated rings. The predicted octanol–water partition coefficient (Wildman–Crippen LogP) is 5.28. The summed E-state index contributed by atoms with van der Waals surface area (Å²) >= 11 is 12.2. The standard InChI is InChI=1S/C29H33Cl2N3O5S/c1-20(2)32-29(36)21(3)33(17-23-10-15-26(30)27(31)16-23)28(35)18-34(40(4,37)38)24-11-13-25(14-12-24)39-19-22-8-6-5-7-9-22/h5-16,20-21H,17-19H2,1-4H3,(H,32,36)/t21-/m1/s1. The molecule has 0 aliphatic carbocycles. The summed E-state index contributed by atoms with van der Waals surface area (Å²) in [5.74, 6) is -0.380. The maximum atomic E-state index is 13.6. The van der Waals surface area contributed by atoms with E-state index in [4.69, 9.17) is 27.9 Å². The molecule has 40 heavy (non-hydrogen) atoms. The highest BCUT2D eigenvalue weighted by molar-refractivity contribution is 7.92. The highest BCUT2D eigenvalue weighted by Gasteiger charge is 2.30. The fourth-order valence-electron chi connectivity index (χ4n) is 3.89. The van der Waals surface area contributed by atoms with Gasteiger partial charge in [0.1, 0.15) is 24.9 Å². The summed E-state index contributed by atoms with van der Waals surface area (Å²) in [4.78, 5) is 27.8. The van der Waals surface area contributed by atoms with Gasteiger partial charge in [-0.3, -0.25) is 13.9 Å². The maximum absolute atomic E-state index is 13.6. The lowest BCUT2D eigenvalue weighted by Crippen LogP contribution is -2.52. The van der Waals surface area contributed by atoms with Crippen molar-refractivity contribution in [2.24, 2.45) is 0 Å². The zero-order valence-corrected chi connectivity index (χ0v) is 25.1. The van der Waals surface area contributed by atoms with E-state index in [1.165, 1.54) is 4.90 Å². The van der Waals surface area contributed by atoms with Gasteiger partial charge in [0, 0.05) is 12.6 Å². The van der Waals surface area contributed by atoms with Crippen LogP contribution in [0, 0.1) is 0 Å². The van der Waals surface area contributed by atoms with Crippen LogP contribution in [0.4, 0.5) is 5.69 Å². The number of anilines is 1. The fraction of sp³-hybridized carbons (Fsp3) is 0.310. The number of nitrogens with zero attached hydrogens (tertiary/aromatic N) is 2. The maximum Gasteiger partial charge on any atom is 0.244 e. The van der Waals surface area contributed by atoms with Crippen molar-refractivity contribution in [1.29, 1.82) is 0 Å². The van der Waals surface area contributed by atoms with Crippen LogP contribution in [-0.4, -0.2) is 50.0 Å². The van der Waals surface area contributed by atoms with Crippen molar-refractivity contribution >= 4 is 50.7 Å². The first kappa shape index (κ1) is 31.3. The Kier molecular flexibility index (Phi) is 10.8. The van der Waals surface area contributed by atoms with E-state index in [9.17, 15) is 18.0 Å². The molecule has 3 aromatic carbocycles.